The topological polar surface area (TPSA) is 93.7 Å². The summed E-state index contributed by atoms with van der Waals surface area (Å²) in [6.45, 7) is 1.51. The Kier molecular flexibility index (Phi) is 8.18. The fourth-order valence-electron chi connectivity index (χ4n) is 3.24. The third kappa shape index (κ3) is 6.67. The van der Waals surface area contributed by atoms with Crippen LogP contribution in [-0.4, -0.2) is 31.5 Å². The molecule has 0 saturated carbocycles. The van der Waals surface area contributed by atoms with Gasteiger partial charge in [0.05, 0.1) is 13.0 Å². The minimum absolute atomic E-state index is 0.279. The highest BCUT2D eigenvalue weighted by atomic mass is 16.5. The number of anilines is 2. The number of hydrogen-bond acceptors (Lipinski definition) is 5. The van der Waals surface area contributed by atoms with Crippen molar-refractivity contribution in [3.63, 3.8) is 0 Å². The van der Waals surface area contributed by atoms with E-state index in [1.807, 2.05) is 37.3 Å². The number of carbonyl (C=O) groups excluding carboxylic acids is 3. The Morgan fingerprint density at radius 1 is 0.818 bits per heavy atom. The van der Waals surface area contributed by atoms with Gasteiger partial charge in [-0.05, 0) is 60.5 Å². The number of ether oxygens (including phenoxy) is 2. The predicted octanol–water partition coefficient (Wildman–Crippen LogP) is 4.62. The molecule has 0 unspecified atom stereocenters. The molecule has 0 spiro atoms. The lowest BCUT2D eigenvalue weighted by molar-refractivity contribution is -0.149. The lowest BCUT2D eigenvalue weighted by Gasteiger charge is -2.14. The van der Waals surface area contributed by atoms with E-state index in [1.165, 1.54) is 0 Å². The van der Waals surface area contributed by atoms with E-state index in [-0.39, 0.29) is 12.5 Å². The molecule has 7 nitrogen and oxygen atoms in total. The highest BCUT2D eigenvalue weighted by Crippen LogP contribution is 2.21. The average Bonchev–Trinajstić information content (AvgIpc) is 2.85. The molecule has 0 heterocycles. The van der Waals surface area contributed by atoms with E-state index >= 15 is 0 Å². The van der Waals surface area contributed by atoms with E-state index in [2.05, 4.69) is 10.6 Å². The van der Waals surface area contributed by atoms with Crippen LogP contribution in [0.1, 0.15) is 35.2 Å². The van der Waals surface area contributed by atoms with Crippen LogP contribution in [0.5, 0.6) is 5.75 Å². The molecule has 0 radical (unpaired) electrons. The first-order valence-corrected chi connectivity index (χ1v) is 10.6. The Labute approximate surface area is 192 Å². The maximum Gasteiger partial charge on any atom is 0.313 e. The summed E-state index contributed by atoms with van der Waals surface area (Å²) in [5, 5.41) is 5.45. The Morgan fingerprint density at radius 2 is 1.42 bits per heavy atom. The van der Waals surface area contributed by atoms with E-state index in [0.29, 0.717) is 29.1 Å². The van der Waals surface area contributed by atoms with Gasteiger partial charge in [-0.1, -0.05) is 37.3 Å². The molecule has 33 heavy (non-hydrogen) atoms. The number of hydrogen-bond donors (Lipinski definition) is 2. The molecule has 2 amide bonds. The van der Waals surface area contributed by atoms with Crippen LogP contribution in [0.4, 0.5) is 11.4 Å². The minimum atomic E-state index is -0.457. The van der Waals surface area contributed by atoms with Gasteiger partial charge in [0.1, 0.15) is 5.75 Å². The number of methoxy groups -OCH3 is 1. The van der Waals surface area contributed by atoms with Crippen LogP contribution in [0.15, 0.2) is 78.9 Å². The van der Waals surface area contributed by atoms with Crippen LogP contribution in [0.3, 0.4) is 0 Å². The van der Waals surface area contributed by atoms with Crippen LogP contribution in [0.2, 0.25) is 0 Å². The highest BCUT2D eigenvalue weighted by Gasteiger charge is 2.21. The van der Waals surface area contributed by atoms with Gasteiger partial charge in [0.15, 0.2) is 6.61 Å². The normalized spacial score (nSPS) is 11.2. The highest BCUT2D eigenvalue weighted by molar-refractivity contribution is 6.04. The molecule has 0 saturated heterocycles. The standard InChI is InChI=1S/C26H26N2O5/c1-3-23(18-7-5-4-6-8-18)26(31)33-17-24(29)27-20-11-9-19(10-12-20)25(30)28-21-13-15-22(32-2)16-14-21/h4-16,23H,3,17H2,1-2H3,(H,27,29)(H,28,30)/t23-/m1/s1. The van der Waals surface area contributed by atoms with Gasteiger partial charge in [0.2, 0.25) is 0 Å². The lowest BCUT2D eigenvalue weighted by atomic mass is 9.97. The van der Waals surface area contributed by atoms with E-state index in [9.17, 15) is 14.4 Å². The van der Waals surface area contributed by atoms with Crippen LogP contribution >= 0.6 is 0 Å². The van der Waals surface area contributed by atoms with Gasteiger partial charge in [-0.25, -0.2) is 0 Å². The van der Waals surface area contributed by atoms with E-state index in [1.54, 1.807) is 55.6 Å². The zero-order chi connectivity index (χ0) is 23.6. The van der Waals surface area contributed by atoms with Crippen molar-refractivity contribution in [2.75, 3.05) is 24.4 Å². The van der Waals surface area contributed by atoms with Crippen molar-refractivity contribution in [1.29, 1.82) is 0 Å². The average molecular weight is 447 g/mol. The van der Waals surface area contributed by atoms with Gasteiger partial charge in [0, 0.05) is 16.9 Å². The quantitative estimate of drug-likeness (QED) is 0.468. The third-order valence-corrected chi connectivity index (χ3v) is 5.02. The molecule has 1 atom stereocenters. The molecular weight excluding hydrogens is 420 g/mol. The summed E-state index contributed by atoms with van der Waals surface area (Å²) in [5.74, 6) is -0.892. The Morgan fingerprint density at radius 3 is 2.03 bits per heavy atom. The van der Waals surface area contributed by atoms with Crippen molar-refractivity contribution >= 4 is 29.2 Å². The third-order valence-electron chi connectivity index (χ3n) is 5.02. The van der Waals surface area contributed by atoms with Gasteiger partial charge in [-0.3, -0.25) is 14.4 Å². The Balaban J connectivity index is 1.50. The van der Waals surface area contributed by atoms with Crippen LogP contribution in [0, 0.1) is 0 Å². The second-order valence-corrected chi connectivity index (χ2v) is 7.29. The molecule has 170 valence electrons. The molecular formula is C26H26N2O5. The summed E-state index contributed by atoms with van der Waals surface area (Å²) in [6.07, 6.45) is 0.574. The molecule has 3 aromatic carbocycles. The summed E-state index contributed by atoms with van der Waals surface area (Å²) < 4.78 is 10.3. The van der Waals surface area contributed by atoms with Gasteiger partial charge in [-0.15, -0.1) is 0 Å². The zero-order valence-corrected chi connectivity index (χ0v) is 18.5. The fraction of sp³-hybridized carbons (Fsp3) is 0.192. The SMILES string of the molecule is CC[C@@H](C(=O)OCC(=O)Nc1ccc(C(=O)Nc2ccc(OC)cc2)cc1)c1ccccc1. The van der Waals surface area contributed by atoms with Gasteiger partial charge in [0.25, 0.3) is 11.8 Å². The van der Waals surface area contributed by atoms with E-state index < -0.39 is 17.8 Å². The Bertz CT molecular complexity index is 1080. The van der Waals surface area contributed by atoms with Crippen molar-refractivity contribution in [2.24, 2.45) is 0 Å². The van der Waals surface area contributed by atoms with Crippen molar-refractivity contribution in [3.05, 3.63) is 90.0 Å². The van der Waals surface area contributed by atoms with Crippen molar-refractivity contribution in [2.45, 2.75) is 19.3 Å². The summed E-state index contributed by atoms with van der Waals surface area (Å²) in [4.78, 5) is 37.0. The largest absolute Gasteiger partial charge is 0.497 e. The molecule has 0 aromatic heterocycles. The number of benzene rings is 3. The molecule has 0 aliphatic rings. The summed E-state index contributed by atoms with van der Waals surface area (Å²) in [6, 6.07) is 22.7. The van der Waals surface area contributed by atoms with Crippen molar-refractivity contribution < 1.29 is 23.9 Å². The van der Waals surface area contributed by atoms with Crippen LogP contribution < -0.4 is 15.4 Å². The first-order chi connectivity index (χ1) is 16.0. The van der Waals surface area contributed by atoms with Crippen molar-refractivity contribution in [1.82, 2.24) is 0 Å². The zero-order valence-electron chi connectivity index (χ0n) is 18.5. The smallest absolute Gasteiger partial charge is 0.313 e. The number of amides is 2. The Hall–Kier alpha value is -4.13. The monoisotopic (exact) mass is 446 g/mol. The van der Waals surface area contributed by atoms with Crippen molar-refractivity contribution in [3.8, 4) is 5.75 Å². The molecule has 0 aliphatic heterocycles. The molecule has 2 N–H and O–H groups in total. The van der Waals surface area contributed by atoms with Crippen LogP contribution in [-0.2, 0) is 14.3 Å². The first kappa shape index (κ1) is 23.5. The maximum atomic E-state index is 12.4. The molecule has 3 aromatic rings. The number of nitrogens with one attached hydrogen (secondary N) is 2. The number of esters is 1. The van der Waals surface area contributed by atoms with E-state index in [0.717, 1.165) is 5.56 Å². The first-order valence-electron chi connectivity index (χ1n) is 10.6. The lowest BCUT2D eigenvalue weighted by Crippen LogP contribution is -2.24. The summed E-state index contributed by atoms with van der Waals surface area (Å²) in [5.41, 5.74) is 2.42. The maximum absolute atomic E-state index is 12.4. The number of rotatable bonds is 9. The molecule has 0 aliphatic carbocycles. The summed E-state index contributed by atoms with van der Waals surface area (Å²) in [7, 11) is 1.57. The van der Waals surface area contributed by atoms with Crippen LogP contribution in [0.25, 0.3) is 0 Å². The molecule has 0 fully saturated rings. The fourth-order valence-corrected chi connectivity index (χ4v) is 3.24. The van der Waals surface area contributed by atoms with Gasteiger partial charge in [-0.2, -0.15) is 0 Å². The van der Waals surface area contributed by atoms with E-state index in [4.69, 9.17) is 9.47 Å². The molecule has 0 bridgehead atoms. The van der Waals surface area contributed by atoms with Gasteiger partial charge < -0.3 is 20.1 Å². The molecule has 3 rings (SSSR count). The number of carbonyl (C=O) groups is 3. The summed E-state index contributed by atoms with van der Waals surface area (Å²) >= 11 is 0. The molecule has 7 heteroatoms. The second-order valence-electron chi connectivity index (χ2n) is 7.29. The van der Waals surface area contributed by atoms with Gasteiger partial charge >= 0.3 is 5.97 Å². The second kappa shape index (κ2) is 11.5. The predicted molar refractivity (Wildman–Crippen MR) is 126 cm³/mol. The minimum Gasteiger partial charge on any atom is -0.497 e.